The molecule has 186 valence electrons. The number of carbonyl (C=O) groups excluding carboxylic acids is 1. The summed E-state index contributed by atoms with van der Waals surface area (Å²) in [4.78, 5) is 24.4. The summed E-state index contributed by atoms with van der Waals surface area (Å²) in [5.41, 5.74) is 2.97. The number of rotatable bonds is 10. The van der Waals surface area contributed by atoms with Crippen LogP contribution in [0.4, 0.5) is 0 Å². The lowest BCUT2D eigenvalue weighted by molar-refractivity contribution is -0.120. The Morgan fingerprint density at radius 1 is 1.14 bits per heavy atom. The van der Waals surface area contributed by atoms with Gasteiger partial charge in [0.2, 0.25) is 11.8 Å². The van der Waals surface area contributed by atoms with Gasteiger partial charge in [-0.15, -0.1) is 0 Å². The number of nitrogens with one attached hydrogen (secondary N) is 1. The fourth-order valence-corrected chi connectivity index (χ4v) is 4.15. The summed E-state index contributed by atoms with van der Waals surface area (Å²) in [6, 6.07) is 13.5. The van der Waals surface area contributed by atoms with Crippen LogP contribution in [0.3, 0.4) is 0 Å². The van der Waals surface area contributed by atoms with E-state index in [2.05, 4.69) is 15.2 Å². The van der Waals surface area contributed by atoms with Gasteiger partial charge in [-0.3, -0.25) is 9.69 Å². The highest BCUT2D eigenvalue weighted by molar-refractivity contribution is 5.87. The molecule has 1 N–H and O–H groups in total. The van der Waals surface area contributed by atoms with Gasteiger partial charge in [-0.2, -0.15) is 0 Å². The molecule has 1 aliphatic rings. The maximum atomic E-state index is 12.6. The smallest absolute Gasteiger partial charge is 0.224 e. The number of amides is 1. The minimum absolute atomic E-state index is 0.0548. The van der Waals surface area contributed by atoms with E-state index < -0.39 is 0 Å². The number of hydrogen-bond acceptors (Lipinski definition) is 7. The van der Waals surface area contributed by atoms with Crippen LogP contribution in [-0.4, -0.2) is 73.4 Å². The Balaban J connectivity index is 1.55. The van der Waals surface area contributed by atoms with Crippen molar-refractivity contribution in [2.45, 2.75) is 32.7 Å². The number of methoxy groups -OCH3 is 1. The van der Waals surface area contributed by atoms with E-state index in [1.807, 2.05) is 50.2 Å². The Labute approximate surface area is 206 Å². The molecule has 2 aromatic heterocycles. The minimum Gasteiger partial charge on any atom is -0.494 e. The first-order valence-corrected chi connectivity index (χ1v) is 12.2. The van der Waals surface area contributed by atoms with E-state index in [1.165, 1.54) is 0 Å². The molecule has 0 radical (unpaired) electrons. The van der Waals surface area contributed by atoms with Crippen LogP contribution >= 0.6 is 0 Å². The highest BCUT2D eigenvalue weighted by atomic mass is 16.5. The molecule has 0 bridgehead atoms. The lowest BCUT2D eigenvalue weighted by atomic mass is 10.0. The van der Waals surface area contributed by atoms with Crippen molar-refractivity contribution < 1.29 is 19.0 Å². The molecule has 0 spiro atoms. The normalized spacial score (nSPS) is 14.3. The minimum atomic E-state index is -0.0548. The van der Waals surface area contributed by atoms with Crippen LogP contribution in [0.1, 0.15) is 25.8 Å². The van der Waals surface area contributed by atoms with Crippen molar-refractivity contribution in [2.24, 2.45) is 0 Å². The van der Waals surface area contributed by atoms with Crippen LogP contribution in [-0.2, 0) is 16.0 Å². The predicted molar refractivity (Wildman–Crippen MR) is 136 cm³/mol. The van der Waals surface area contributed by atoms with E-state index in [1.54, 1.807) is 13.2 Å². The Bertz CT molecular complexity index is 1150. The maximum absolute atomic E-state index is 12.6. The number of ether oxygens (including phenoxy) is 3. The first-order valence-electron chi connectivity index (χ1n) is 12.2. The molecule has 0 aliphatic carbocycles. The molecule has 8 nitrogen and oxygen atoms in total. The molecule has 3 heterocycles. The zero-order valence-corrected chi connectivity index (χ0v) is 20.8. The standard InChI is InChI=1S/C27H34N4O4/c1-19(2)28-25(32)18-21-16-20-17-22(35-13-5-10-31-11-14-34-15-12-31)8-9-23(20)30-27(21)24-6-4-7-26(29-24)33-3/h4,6-9,16-17,19H,5,10-15,18H2,1-3H3,(H,28,32). The van der Waals surface area contributed by atoms with Gasteiger partial charge in [-0.25, -0.2) is 9.97 Å². The van der Waals surface area contributed by atoms with Gasteiger partial charge in [0.25, 0.3) is 0 Å². The Kier molecular flexibility index (Phi) is 8.50. The van der Waals surface area contributed by atoms with E-state index >= 15 is 0 Å². The van der Waals surface area contributed by atoms with Gasteiger partial charge in [0, 0.05) is 37.1 Å². The number of fused-ring (bicyclic) bond motifs is 1. The number of aromatic nitrogens is 2. The van der Waals surface area contributed by atoms with Crippen LogP contribution in [0, 0.1) is 0 Å². The fourth-order valence-electron chi connectivity index (χ4n) is 4.15. The van der Waals surface area contributed by atoms with Crippen LogP contribution in [0.5, 0.6) is 11.6 Å². The molecule has 8 heteroatoms. The molecular weight excluding hydrogens is 444 g/mol. The first kappa shape index (κ1) is 24.9. The van der Waals surface area contributed by atoms with E-state index in [-0.39, 0.29) is 18.4 Å². The summed E-state index contributed by atoms with van der Waals surface area (Å²) in [7, 11) is 1.58. The number of carbonyl (C=O) groups is 1. The molecule has 0 unspecified atom stereocenters. The van der Waals surface area contributed by atoms with Crippen molar-refractivity contribution in [3.63, 3.8) is 0 Å². The Morgan fingerprint density at radius 3 is 2.74 bits per heavy atom. The van der Waals surface area contributed by atoms with Gasteiger partial charge in [-0.1, -0.05) is 6.07 Å². The van der Waals surface area contributed by atoms with Crippen LogP contribution in [0.15, 0.2) is 42.5 Å². The average molecular weight is 479 g/mol. The molecule has 1 amide bonds. The summed E-state index contributed by atoms with van der Waals surface area (Å²) in [5.74, 6) is 1.25. The molecule has 1 saturated heterocycles. The van der Waals surface area contributed by atoms with E-state index in [0.717, 1.165) is 61.5 Å². The second-order valence-electron chi connectivity index (χ2n) is 8.97. The number of hydrogen-bond donors (Lipinski definition) is 1. The van der Waals surface area contributed by atoms with E-state index in [9.17, 15) is 4.79 Å². The van der Waals surface area contributed by atoms with Gasteiger partial charge < -0.3 is 19.5 Å². The second-order valence-corrected chi connectivity index (χ2v) is 8.97. The molecule has 0 atom stereocenters. The van der Waals surface area contributed by atoms with Crippen molar-refractivity contribution in [2.75, 3.05) is 46.6 Å². The topological polar surface area (TPSA) is 85.8 Å². The zero-order valence-electron chi connectivity index (χ0n) is 20.8. The molecule has 35 heavy (non-hydrogen) atoms. The summed E-state index contributed by atoms with van der Waals surface area (Å²) in [6.45, 7) is 9.13. The maximum Gasteiger partial charge on any atom is 0.224 e. The van der Waals surface area contributed by atoms with Crippen molar-refractivity contribution in [3.8, 4) is 23.0 Å². The summed E-state index contributed by atoms with van der Waals surface area (Å²) >= 11 is 0. The van der Waals surface area contributed by atoms with Crippen molar-refractivity contribution in [1.29, 1.82) is 0 Å². The second kappa shape index (κ2) is 12.0. The van der Waals surface area contributed by atoms with Crippen LogP contribution in [0.25, 0.3) is 22.3 Å². The highest BCUT2D eigenvalue weighted by Gasteiger charge is 2.16. The van der Waals surface area contributed by atoms with Crippen molar-refractivity contribution in [1.82, 2.24) is 20.2 Å². The summed E-state index contributed by atoms with van der Waals surface area (Å²) in [5, 5.41) is 3.89. The van der Waals surface area contributed by atoms with Gasteiger partial charge in [0.1, 0.15) is 5.75 Å². The molecule has 1 aliphatic heterocycles. The number of pyridine rings is 2. The average Bonchev–Trinajstić information content (AvgIpc) is 2.86. The fraction of sp³-hybridized carbons (Fsp3) is 0.444. The number of nitrogens with zero attached hydrogens (tertiary/aromatic N) is 3. The Morgan fingerprint density at radius 2 is 1.97 bits per heavy atom. The molecule has 3 aromatic rings. The third-order valence-electron chi connectivity index (χ3n) is 5.83. The highest BCUT2D eigenvalue weighted by Crippen LogP contribution is 2.28. The van der Waals surface area contributed by atoms with Gasteiger partial charge >= 0.3 is 0 Å². The molecule has 1 aromatic carbocycles. The van der Waals surface area contributed by atoms with Crippen molar-refractivity contribution in [3.05, 3.63) is 48.0 Å². The molecule has 1 fully saturated rings. The molecule has 0 saturated carbocycles. The summed E-state index contributed by atoms with van der Waals surface area (Å²) in [6.07, 6.45) is 1.16. The largest absolute Gasteiger partial charge is 0.494 e. The lowest BCUT2D eigenvalue weighted by Gasteiger charge is -2.26. The zero-order chi connectivity index (χ0) is 24.6. The van der Waals surface area contributed by atoms with Gasteiger partial charge in [-0.05, 0) is 56.2 Å². The third kappa shape index (κ3) is 6.90. The predicted octanol–water partition coefficient (Wildman–Crippen LogP) is 3.47. The lowest BCUT2D eigenvalue weighted by Crippen LogP contribution is -2.37. The first-order chi connectivity index (χ1) is 17.0. The van der Waals surface area contributed by atoms with Crippen molar-refractivity contribution >= 4 is 16.8 Å². The third-order valence-corrected chi connectivity index (χ3v) is 5.83. The van der Waals surface area contributed by atoms with Crippen LogP contribution in [0.2, 0.25) is 0 Å². The number of morpholine rings is 1. The van der Waals surface area contributed by atoms with E-state index in [0.29, 0.717) is 23.9 Å². The van der Waals surface area contributed by atoms with Gasteiger partial charge in [0.05, 0.1) is 50.3 Å². The van der Waals surface area contributed by atoms with Crippen LogP contribution < -0.4 is 14.8 Å². The molecule has 4 rings (SSSR count). The molecular formula is C27H34N4O4. The summed E-state index contributed by atoms with van der Waals surface area (Å²) < 4.78 is 16.7. The van der Waals surface area contributed by atoms with E-state index in [4.69, 9.17) is 19.2 Å². The Hall–Kier alpha value is -3.23. The van der Waals surface area contributed by atoms with Gasteiger partial charge in [0.15, 0.2) is 0 Å². The quantitative estimate of drug-likeness (QED) is 0.447. The monoisotopic (exact) mass is 478 g/mol. The number of benzene rings is 1. The SMILES string of the molecule is COc1cccc(-c2nc3ccc(OCCCN4CCOCC4)cc3cc2CC(=O)NC(C)C)n1.